The lowest BCUT2D eigenvalue weighted by atomic mass is 10.2. The number of hydrazine groups is 1. The standard InChI is InChI=1S/C19H20BrN3O4/c1-2-27-16-9-7-15(8-10-16)21-17(24)11-12-18(25)22-23-19(26)13-3-5-14(20)6-4-13/h3-10H,2,11-12H2,1H3,(H,21,24)(H,22,25)(H,23,26). The summed E-state index contributed by atoms with van der Waals surface area (Å²) >= 11 is 3.28. The molecule has 8 heteroatoms. The van der Waals surface area contributed by atoms with E-state index in [0.717, 1.165) is 10.2 Å². The predicted molar refractivity (Wildman–Crippen MR) is 105 cm³/mol. The number of benzene rings is 2. The molecule has 27 heavy (non-hydrogen) atoms. The largest absolute Gasteiger partial charge is 0.494 e. The quantitative estimate of drug-likeness (QED) is 0.584. The van der Waals surface area contributed by atoms with E-state index in [1.807, 2.05) is 6.92 Å². The van der Waals surface area contributed by atoms with Crippen molar-refractivity contribution in [3.8, 4) is 5.75 Å². The highest BCUT2D eigenvalue weighted by molar-refractivity contribution is 9.10. The summed E-state index contributed by atoms with van der Waals surface area (Å²) < 4.78 is 6.18. The summed E-state index contributed by atoms with van der Waals surface area (Å²) in [5, 5.41) is 2.70. The Morgan fingerprint density at radius 1 is 0.889 bits per heavy atom. The minimum absolute atomic E-state index is 0.00675. The van der Waals surface area contributed by atoms with Crippen molar-refractivity contribution in [1.82, 2.24) is 10.9 Å². The van der Waals surface area contributed by atoms with Crippen molar-refractivity contribution in [2.75, 3.05) is 11.9 Å². The van der Waals surface area contributed by atoms with Crippen molar-refractivity contribution in [1.29, 1.82) is 0 Å². The Hall–Kier alpha value is -2.87. The van der Waals surface area contributed by atoms with Crippen LogP contribution in [-0.2, 0) is 9.59 Å². The zero-order chi connectivity index (χ0) is 19.6. The van der Waals surface area contributed by atoms with Crippen LogP contribution in [0.2, 0.25) is 0 Å². The van der Waals surface area contributed by atoms with Crippen molar-refractivity contribution in [3.05, 3.63) is 58.6 Å². The third-order valence-electron chi connectivity index (χ3n) is 3.45. The molecule has 0 aromatic heterocycles. The number of amides is 3. The van der Waals surface area contributed by atoms with Crippen LogP contribution in [0, 0.1) is 0 Å². The minimum Gasteiger partial charge on any atom is -0.494 e. The number of halogens is 1. The van der Waals surface area contributed by atoms with Crippen LogP contribution in [0.15, 0.2) is 53.0 Å². The summed E-state index contributed by atoms with van der Waals surface area (Å²) in [6, 6.07) is 13.6. The maximum Gasteiger partial charge on any atom is 0.269 e. The molecule has 0 aliphatic carbocycles. The Morgan fingerprint density at radius 3 is 2.15 bits per heavy atom. The first kappa shape index (κ1) is 20.4. The molecule has 3 amide bonds. The van der Waals surface area contributed by atoms with Gasteiger partial charge >= 0.3 is 0 Å². The van der Waals surface area contributed by atoms with Gasteiger partial charge in [-0.1, -0.05) is 15.9 Å². The second-order valence-electron chi connectivity index (χ2n) is 5.51. The molecular formula is C19H20BrN3O4. The van der Waals surface area contributed by atoms with Crippen LogP contribution in [0.1, 0.15) is 30.1 Å². The highest BCUT2D eigenvalue weighted by Gasteiger charge is 2.10. The fourth-order valence-electron chi connectivity index (χ4n) is 2.11. The maximum absolute atomic E-state index is 11.9. The van der Waals surface area contributed by atoms with Crippen LogP contribution < -0.4 is 20.9 Å². The van der Waals surface area contributed by atoms with Crippen molar-refractivity contribution in [3.63, 3.8) is 0 Å². The molecule has 0 fully saturated rings. The summed E-state index contributed by atoms with van der Waals surface area (Å²) in [5.74, 6) is -0.470. The van der Waals surface area contributed by atoms with Crippen LogP contribution in [0.5, 0.6) is 5.75 Å². The van der Waals surface area contributed by atoms with Gasteiger partial charge in [0.25, 0.3) is 5.91 Å². The van der Waals surface area contributed by atoms with Crippen molar-refractivity contribution in [2.24, 2.45) is 0 Å². The van der Waals surface area contributed by atoms with Gasteiger partial charge in [0.05, 0.1) is 6.61 Å². The fourth-order valence-corrected chi connectivity index (χ4v) is 2.38. The van der Waals surface area contributed by atoms with Gasteiger partial charge in [-0.25, -0.2) is 0 Å². The lowest BCUT2D eigenvalue weighted by Gasteiger charge is -2.09. The van der Waals surface area contributed by atoms with E-state index < -0.39 is 11.8 Å². The zero-order valence-electron chi connectivity index (χ0n) is 14.8. The first-order valence-corrected chi connectivity index (χ1v) is 9.14. The molecule has 0 heterocycles. The number of rotatable bonds is 7. The van der Waals surface area contributed by atoms with Gasteiger partial charge in [0.2, 0.25) is 11.8 Å². The fraction of sp³-hybridized carbons (Fsp3) is 0.211. The lowest BCUT2D eigenvalue weighted by Crippen LogP contribution is -2.41. The number of carbonyl (C=O) groups excluding carboxylic acids is 3. The van der Waals surface area contributed by atoms with Gasteiger partial charge < -0.3 is 10.1 Å². The molecule has 0 saturated carbocycles. The average molecular weight is 434 g/mol. The first-order chi connectivity index (χ1) is 13.0. The van der Waals surface area contributed by atoms with E-state index in [1.165, 1.54) is 0 Å². The molecule has 0 saturated heterocycles. The van der Waals surface area contributed by atoms with Gasteiger partial charge in [-0.05, 0) is 55.5 Å². The molecule has 0 atom stereocenters. The number of hydrogen-bond donors (Lipinski definition) is 3. The van der Waals surface area contributed by atoms with Crippen molar-refractivity contribution < 1.29 is 19.1 Å². The van der Waals surface area contributed by atoms with Crippen LogP contribution in [-0.4, -0.2) is 24.3 Å². The molecule has 0 radical (unpaired) electrons. The second kappa shape index (κ2) is 10.3. The van der Waals surface area contributed by atoms with Gasteiger partial charge in [0.15, 0.2) is 0 Å². The lowest BCUT2D eigenvalue weighted by molar-refractivity contribution is -0.124. The normalized spacial score (nSPS) is 10.0. The highest BCUT2D eigenvalue weighted by Crippen LogP contribution is 2.16. The Morgan fingerprint density at radius 2 is 1.52 bits per heavy atom. The van der Waals surface area contributed by atoms with Crippen molar-refractivity contribution in [2.45, 2.75) is 19.8 Å². The maximum atomic E-state index is 11.9. The van der Waals surface area contributed by atoms with Crippen molar-refractivity contribution >= 4 is 39.3 Å². The Labute approximate surface area is 165 Å². The van der Waals surface area contributed by atoms with Gasteiger partial charge in [-0.2, -0.15) is 0 Å². The van der Waals surface area contributed by atoms with E-state index in [0.29, 0.717) is 17.9 Å². The van der Waals surface area contributed by atoms with Gasteiger partial charge in [0, 0.05) is 28.6 Å². The molecule has 3 N–H and O–H groups in total. The number of carbonyl (C=O) groups is 3. The van der Waals surface area contributed by atoms with E-state index >= 15 is 0 Å². The number of nitrogens with one attached hydrogen (secondary N) is 3. The summed E-state index contributed by atoms with van der Waals surface area (Å²) in [7, 11) is 0. The van der Waals surface area contributed by atoms with Crippen LogP contribution in [0.4, 0.5) is 5.69 Å². The SMILES string of the molecule is CCOc1ccc(NC(=O)CCC(=O)NNC(=O)c2ccc(Br)cc2)cc1. The molecule has 142 valence electrons. The Bertz CT molecular complexity index is 792. The first-order valence-electron chi connectivity index (χ1n) is 8.35. The molecular weight excluding hydrogens is 414 g/mol. The monoisotopic (exact) mass is 433 g/mol. The summed E-state index contributed by atoms with van der Waals surface area (Å²) in [6.07, 6.45) is -0.0588. The number of hydrogen-bond acceptors (Lipinski definition) is 4. The van der Waals surface area contributed by atoms with E-state index in [1.54, 1.807) is 48.5 Å². The molecule has 0 unspecified atom stereocenters. The molecule has 0 bridgehead atoms. The van der Waals surface area contributed by atoms with Gasteiger partial charge in [0.1, 0.15) is 5.75 Å². The molecule has 2 aromatic carbocycles. The Balaban J connectivity index is 1.70. The molecule has 0 spiro atoms. The summed E-state index contributed by atoms with van der Waals surface area (Å²) in [4.78, 5) is 35.6. The molecule has 0 aliphatic heterocycles. The molecule has 2 aromatic rings. The summed E-state index contributed by atoms with van der Waals surface area (Å²) in [5.41, 5.74) is 5.63. The second-order valence-corrected chi connectivity index (χ2v) is 6.43. The third kappa shape index (κ3) is 7.10. The van der Waals surface area contributed by atoms with Crippen LogP contribution in [0.3, 0.4) is 0 Å². The number of ether oxygens (including phenoxy) is 1. The average Bonchev–Trinajstić information content (AvgIpc) is 2.67. The topological polar surface area (TPSA) is 96.5 Å². The van der Waals surface area contributed by atoms with Crippen LogP contribution in [0.25, 0.3) is 0 Å². The van der Waals surface area contributed by atoms with Gasteiger partial charge in [-0.3, -0.25) is 25.2 Å². The highest BCUT2D eigenvalue weighted by atomic mass is 79.9. The summed E-state index contributed by atoms with van der Waals surface area (Å²) in [6.45, 7) is 2.46. The Kier molecular flexibility index (Phi) is 7.81. The minimum atomic E-state index is -0.456. The van der Waals surface area contributed by atoms with E-state index in [-0.39, 0.29) is 18.7 Å². The van der Waals surface area contributed by atoms with E-state index in [4.69, 9.17) is 4.74 Å². The number of anilines is 1. The molecule has 0 aliphatic rings. The predicted octanol–water partition coefficient (Wildman–Crippen LogP) is 3.03. The van der Waals surface area contributed by atoms with E-state index in [9.17, 15) is 14.4 Å². The smallest absolute Gasteiger partial charge is 0.269 e. The molecule has 7 nitrogen and oxygen atoms in total. The van der Waals surface area contributed by atoms with Crippen LogP contribution >= 0.6 is 15.9 Å². The van der Waals surface area contributed by atoms with E-state index in [2.05, 4.69) is 32.1 Å². The molecule has 2 rings (SSSR count). The third-order valence-corrected chi connectivity index (χ3v) is 3.98. The zero-order valence-corrected chi connectivity index (χ0v) is 16.3. The van der Waals surface area contributed by atoms with Gasteiger partial charge in [-0.15, -0.1) is 0 Å².